The predicted octanol–water partition coefficient (Wildman–Crippen LogP) is 2.32. The van der Waals surface area contributed by atoms with Gasteiger partial charge in [-0.25, -0.2) is 0 Å². The van der Waals surface area contributed by atoms with Gasteiger partial charge in [0.15, 0.2) is 0 Å². The summed E-state index contributed by atoms with van der Waals surface area (Å²) in [6, 6.07) is 6.57. The van der Waals surface area contributed by atoms with E-state index in [9.17, 15) is 0 Å². The Kier molecular flexibility index (Phi) is 1.69. The van der Waals surface area contributed by atoms with Gasteiger partial charge in [0, 0.05) is 6.04 Å². The summed E-state index contributed by atoms with van der Waals surface area (Å²) in [5.74, 6) is 0.398. The zero-order valence-electron chi connectivity index (χ0n) is 7.38. The van der Waals surface area contributed by atoms with E-state index in [2.05, 4.69) is 32.0 Å². The summed E-state index contributed by atoms with van der Waals surface area (Å²) in [4.78, 5) is 0. The number of rotatable bonds is 0. The third kappa shape index (κ3) is 0.969. The average Bonchev–Trinajstić information content (AvgIpc) is 2.29. The highest BCUT2D eigenvalue weighted by Gasteiger charge is 2.26. The third-order valence-electron chi connectivity index (χ3n) is 2.71. The summed E-state index contributed by atoms with van der Waals surface area (Å²) in [5.41, 5.74) is 9.99. The highest BCUT2D eigenvalue weighted by Crippen LogP contribution is 2.39. The fraction of sp³-hybridized carbons (Fsp3) is 0.364. The van der Waals surface area contributed by atoms with Gasteiger partial charge in [0.1, 0.15) is 0 Å². The monoisotopic (exact) mass is 160 g/mol. The summed E-state index contributed by atoms with van der Waals surface area (Å²) in [6.07, 6.45) is 1.00. The van der Waals surface area contributed by atoms with Gasteiger partial charge in [0.25, 0.3) is 0 Å². The van der Waals surface area contributed by atoms with Gasteiger partial charge in [0.2, 0.25) is 0 Å². The first kappa shape index (κ1) is 7.81. The summed E-state index contributed by atoms with van der Waals surface area (Å²) in [6.45, 7) is 6.21. The molecule has 1 aliphatic carbocycles. The normalized spacial score (nSPS) is 27.2. The second-order valence-electron chi connectivity index (χ2n) is 3.62. The minimum Gasteiger partial charge on any atom is -0.324 e. The smallest absolute Gasteiger partial charge is 0.0306 e. The highest BCUT2D eigenvalue weighted by atomic mass is 14.7. The molecule has 0 saturated carbocycles. The Morgan fingerprint density at radius 1 is 1.50 bits per heavy atom. The molecule has 1 nitrogen and oxygen atoms in total. The highest BCUT2D eigenvalue weighted by molar-refractivity contribution is 5.43. The van der Waals surface area contributed by atoms with Crippen LogP contribution in [0.15, 0.2) is 18.2 Å². The maximum atomic E-state index is 6.00. The molecule has 1 heteroatoms. The molecule has 0 fully saturated rings. The van der Waals surface area contributed by atoms with Crippen molar-refractivity contribution in [2.45, 2.75) is 25.3 Å². The van der Waals surface area contributed by atoms with E-state index in [4.69, 9.17) is 5.73 Å². The first-order chi connectivity index (χ1) is 5.70. The molecule has 2 rings (SSSR count). The standard InChI is InChI=1S/C11H14N/c1-7-4-3-5-9-8(2)6-10(12)11(7)9/h3-5,8,10H,2,6,12H2,1H3. The number of fused-ring (bicyclic) bond motifs is 1. The lowest BCUT2D eigenvalue weighted by Crippen LogP contribution is -2.06. The molecule has 0 spiro atoms. The van der Waals surface area contributed by atoms with Gasteiger partial charge in [-0.1, -0.05) is 18.2 Å². The van der Waals surface area contributed by atoms with Crippen molar-refractivity contribution in [2.24, 2.45) is 5.73 Å². The van der Waals surface area contributed by atoms with Crippen LogP contribution < -0.4 is 5.73 Å². The van der Waals surface area contributed by atoms with Crippen molar-refractivity contribution in [3.63, 3.8) is 0 Å². The summed E-state index contributed by atoms with van der Waals surface area (Å²) >= 11 is 0. The van der Waals surface area contributed by atoms with E-state index in [0.717, 1.165) is 6.42 Å². The van der Waals surface area contributed by atoms with Crippen LogP contribution in [0.1, 0.15) is 35.1 Å². The molecule has 0 aromatic heterocycles. The van der Waals surface area contributed by atoms with Crippen LogP contribution in [0.25, 0.3) is 0 Å². The third-order valence-corrected chi connectivity index (χ3v) is 2.71. The maximum absolute atomic E-state index is 6.00. The van der Waals surface area contributed by atoms with E-state index >= 15 is 0 Å². The van der Waals surface area contributed by atoms with Gasteiger partial charge in [-0.15, -0.1) is 0 Å². The van der Waals surface area contributed by atoms with Crippen molar-refractivity contribution in [3.05, 3.63) is 41.8 Å². The molecule has 0 aliphatic heterocycles. The predicted molar refractivity (Wildman–Crippen MR) is 50.8 cm³/mol. The summed E-state index contributed by atoms with van der Waals surface area (Å²) in [5, 5.41) is 0. The van der Waals surface area contributed by atoms with Gasteiger partial charge >= 0.3 is 0 Å². The lowest BCUT2D eigenvalue weighted by atomic mass is 10.0. The van der Waals surface area contributed by atoms with Crippen molar-refractivity contribution in [1.29, 1.82) is 0 Å². The minimum atomic E-state index is 0.212. The molecule has 1 aromatic carbocycles. The molecule has 2 N–H and O–H groups in total. The lowest BCUT2D eigenvalue weighted by molar-refractivity contribution is 0.669. The molecule has 63 valence electrons. The van der Waals surface area contributed by atoms with E-state index < -0.39 is 0 Å². The topological polar surface area (TPSA) is 26.0 Å². The van der Waals surface area contributed by atoms with Crippen LogP contribution in [-0.2, 0) is 0 Å². The molecular formula is C11H14N. The molecule has 0 amide bonds. The Morgan fingerprint density at radius 2 is 2.25 bits per heavy atom. The lowest BCUT2D eigenvalue weighted by Gasteiger charge is -2.07. The fourth-order valence-corrected chi connectivity index (χ4v) is 2.12. The van der Waals surface area contributed by atoms with Crippen molar-refractivity contribution in [1.82, 2.24) is 0 Å². The number of hydrogen-bond donors (Lipinski definition) is 1. The van der Waals surface area contributed by atoms with Crippen LogP contribution >= 0.6 is 0 Å². The van der Waals surface area contributed by atoms with Crippen molar-refractivity contribution in [2.75, 3.05) is 0 Å². The first-order valence-electron chi connectivity index (χ1n) is 4.38. The fourth-order valence-electron chi connectivity index (χ4n) is 2.12. The van der Waals surface area contributed by atoms with E-state index in [1.54, 1.807) is 0 Å². The molecule has 2 atom stereocenters. The number of aryl methyl sites for hydroxylation is 1. The molecule has 0 heterocycles. The molecule has 1 radical (unpaired) electrons. The molecule has 0 saturated heterocycles. The molecule has 1 aromatic rings. The van der Waals surface area contributed by atoms with Gasteiger partial charge < -0.3 is 5.73 Å². The van der Waals surface area contributed by atoms with Crippen LogP contribution in [0.3, 0.4) is 0 Å². The number of hydrogen-bond acceptors (Lipinski definition) is 1. The maximum Gasteiger partial charge on any atom is 0.0306 e. The summed E-state index contributed by atoms with van der Waals surface area (Å²) in [7, 11) is 0. The van der Waals surface area contributed by atoms with Gasteiger partial charge in [-0.05, 0) is 42.9 Å². The van der Waals surface area contributed by atoms with Gasteiger partial charge in [-0.2, -0.15) is 0 Å². The molecular weight excluding hydrogens is 146 g/mol. The van der Waals surface area contributed by atoms with Crippen molar-refractivity contribution in [3.8, 4) is 0 Å². The Labute approximate surface area is 73.6 Å². The Bertz CT molecular complexity index is 304. The van der Waals surface area contributed by atoms with Crippen molar-refractivity contribution < 1.29 is 0 Å². The largest absolute Gasteiger partial charge is 0.324 e. The Hall–Kier alpha value is -0.820. The van der Waals surface area contributed by atoms with Gasteiger partial charge in [0.05, 0.1) is 0 Å². The number of benzene rings is 1. The zero-order valence-corrected chi connectivity index (χ0v) is 7.38. The molecule has 0 bridgehead atoms. The van der Waals surface area contributed by atoms with Crippen LogP contribution in [0.2, 0.25) is 0 Å². The quantitative estimate of drug-likeness (QED) is 0.619. The van der Waals surface area contributed by atoms with E-state index in [1.807, 2.05) is 0 Å². The Morgan fingerprint density at radius 3 is 2.92 bits per heavy atom. The zero-order chi connectivity index (χ0) is 8.72. The first-order valence-corrected chi connectivity index (χ1v) is 4.38. The second kappa shape index (κ2) is 2.60. The van der Waals surface area contributed by atoms with Gasteiger partial charge in [-0.3, -0.25) is 0 Å². The van der Waals surface area contributed by atoms with Crippen LogP contribution in [-0.4, -0.2) is 0 Å². The SMILES string of the molecule is [CH2]C1CC(N)c2c(C)cccc21. The van der Waals surface area contributed by atoms with Crippen LogP contribution in [0.5, 0.6) is 0 Å². The van der Waals surface area contributed by atoms with E-state index in [1.165, 1.54) is 16.7 Å². The van der Waals surface area contributed by atoms with Crippen LogP contribution in [0.4, 0.5) is 0 Å². The molecule has 1 aliphatic rings. The van der Waals surface area contributed by atoms with E-state index in [-0.39, 0.29) is 6.04 Å². The molecule has 12 heavy (non-hydrogen) atoms. The summed E-state index contributed by atoms with van der Waals surface area (Å²) < 4.78 is 0. The second-order valence-corrected chi connectivity index (χ2v) is 3.62. The molecule has 2 unspecified atom stereocenters. The average molecular weight is 160 g/mol. The van der Waals surface area contributed by atoms with E-state index in [0.29, 0.717) is 5.92 Å². The number of nitrogens with two attached hydrogens (primary N) is 1. The van der Waals surface area contributed by atoms with Crippen LogP contribution in [0, 0.1) is 13.8 Å². The minimum absolute atomic E-state index is 0.212. The Balaban J connectivity index is 2.59. The van der Waals surface area contributed by atoms with Crippen molar-refractivity contribution >= 4 is 0 Å².